The molecule has 1 aliphatic carbocycles. The van der Waals surface area contributed by atoms with Crippen LogP contribution in [0.4, 0.5) is 15.8 Å². The highest BCUT2D eigenvalue weighted by Gasteiger charge is 2.29. The lowest BCUT2D eigenvalue weighted by Crippen LogP contribution is -2.33. The molecule has 1 fully saturated rings. The van der Waals surface area contributed by atoms with Crippen LogP contribution in [0.2, 0.25) is 0 Å². The van der Waals surface area contributed by atoms with Gasteiger partial charge in [-0.2, -0.15) is 0 Å². The number of ketones is 2. The van der Waals surface area contributed by atoms with Crippen LogP contribution in [0.25, 0.3) is 0 Å². The third-order valence-electron chi connectivity index (χ3n) is 6.98. The second-order valence-corrected chi connectivity index (χ2v) is 9.36. The Labute approximate surface area is 204 Å². The zero-order chi connectivity index (χ0) is 25.1. The minimum absolute atomic E-state index is 0.0361. The molecule has 2 aliphatic rings. The van der Waals surface area contributed by atoms with Crippen molar-refractivity contribution in [1.29, 1.82) is 0 Å². The molecule has 0 unspecified atom stereocenters. The number of carboxylic acid groups (broad SMARTS) is 1. The zero-order valence-corrected chi connectivity index (χ0v) is 20.1. The number of nitrogens with zero attached hydrogens (tertiary/aromatic N) is 2. The minimum Gasteiger partial charge on any atom is -0.478 e. The summed E-state index contributed by atoms with van der Waals surface area (Å²) in [5.74, 6) is -2.40. The molecule has 0 saturated heterocycles. The molecule has 0 atom stereocenters. The Morgan fingerprint density at radius 2 is 1.89 bits per heavy atom. The van der Waals surface area contributed by atoms with Crippen molar-refractivity contribution in [2.24, 2.45) is 4.99 Å². The van der Waals surface area contributed by atoms with Gasteiger partial charge in [0.25, 0.3) is 0 Å². The first-order valence-electron chi connectivity index (χ1n) is 12.0. The average Bonchev–Trinajstić information content (AvgIpc) is 2.84. The maximum atomic E-state index is 14.0. The van der Waals surface area contributed by atoms with Crippen LogP contribution in [0.5, 0.6) is 0 Å². The number of Topliss-reactive ketones (excluding diaryl/α,β-unsaturated/α-hetero) is 2. The van der Waals surface area contributed by atoms with Crippen LogP contribution < -0.4 is 5.32 Å². The topological polar surface area (TPSA) is 99.1 Å². The SMILES string of the molecule is CNc1cc(F)cc2c1CC(=O)C(C(=O)Cc1ccc(C(=O)O)cc1CN(C)C1CCCCC1)=N2. The number of hydrogen-bond donors (Lipinski definition) is 2. The number of benzene rings is 2. The van der Waals surface area contributed by atoms with E-state index in [0.29, 0.717) is 29.4 Å². The van der Waals surface area contributed by atoms with Gasteiger partial charge in [-0.3, -0.25) is 14.5 Å². The summed E-state index contributed by atoms with van der Waals surface area (Å²) in [4.78, 5) is 44.0. The van der Waals surface area contributed by atoms with Crippen molar-refractivity contribution < 1.29 is 23.9 Å². The number of hydrogen-bond acceptors (Lipinski definition) is 6. The van der Waals surface area contributed by atoms with Gasteiger partial charge in [0.1, 0.15) is 5.82 Å². The van der Waals surface area contributed by atoms with E-state index in [1.807, 2.05) is 7.05 Å². The molecule has 2 N–H and O–H groups in total. The summed E-state index contributed by atoms with van der Waals surface area (Å²) in [5, 5.41) is 12.3. The second kappa shape index (κ2) is 10.5. The number of anilines is 1. The number of carbonyl (C=O) groups excluding carboxylic acids is 2. The predicted octanol–water partition coefficient (Wildman–Crippen LogP) is 4.34. The van der Waals surface area contributed by atoms with Crippen molar-refractivity contribution in [3.8, 4) is 0 Å². The highest BCUT2D eigenvalue weighted by Crippen LogP contribution is 2.32. The van der Waals surface area contributed by atoms with Crippen LogP contribution in [0.1, 0.15) is 59.2 Å². The Hall–Kier alpha value is -3.39. The Balaban J connectivity index is 1.61. The first-order chi connectivity index (χ1) is 16.8. The Morgan fingerprint density at radius 3 is 2.57 bits per heavy atom. The lowest BCUT2D eigenvalue weighted by molar-refractivity contribution is -0.116. The number of aromatic carboxylic acids is 1. The minimum atomic E-state index is -1.03. The molecular weight excluding hydrogens is 449 g/mol. The fraction of sp³-hybridized carbons (Fsp3) is 0.407. The van der Waals surface area contributed by atoms with Crippen LogP contribution in [0.3, 0.4) is 0 Å². The van der Waals surface area contributed by atoms with Gasteiger partial charge >= 0.3 is 5.97 Å². The van der Waals surface area contributed by atoms with Gasteiger partial charge in [0.05, 0.1) is 11.3 Å². The number of halogens is 1. The van der Waals surface area contributed by atoms with E-state index in [2.05, 4.69) is 15.2 Å². The molecular formula is C27H30FN3O4. The number of carboxylic acids is 1. The Kier molecular flexibility index (Phi) is 7.40. The third-order valence-corrected chi connectivity index (χ3v) is 6.98. The van der Waals surface area contributed by atoms with Gasteiger partial charge in [0, 0.05) is 43.7 Å². The molecule has 2 aromatic rings. The van der Waals surface area contributed by atoms with Gasteiger partial charge in [-0.25, -0.2) is 14.2 Å². The van der Waals surface area contributed by atoms with Crippen molar-refractivity contribution in [2.45, 2.75) is 57.5 Å². The molecule has 2 aromatic carbocycles. The van der Waals surface area contributed by atoms with Gasteiger partial charge in [0.2, 0.25) is 0 Å². The maximum Gasteiger partial charge on any atom is 0.335 e. The van der Waals surface area contributed by atoms with Gasteiger partial charge in [-0.1, -0.05) is 25.3 Å². The summed E-state index contributed by atoms with van der Waals surface area (Å²) in [6.07, 6.45) is 5.66. The lowest BCUT2D eigenvalue weighted by Gasteiger charge is -2.31. The first-order valence-corrected chi connectivity index (χ1v) is 12.0. The highest BCUT2D eigenvalue weighted by molar-refractivity contribution is 6.67. The van der Waals surface area contributed by atoms with Crippen LogP contribution in [-0.4, -0.2) is 53.4 Å². The van der Waals surface area contributed by atoms with E-state index in [1.165, 1.54) is 37.5 Å². The molecule has 0 spiro atoms. The molecule has 184 valence electrons. The molecule has 8 heteroatoms. The van der Waals surface area contributed by atoms with Crippen molar-refractivity contribution in [1.82, 2.24) is 4.90 Å². The molecule has 4 rings (SSSR count). The highest BCUT2D eigenvalue weighted by atomic mass is 19.1. The van der Waals surface area contributed by atoms with Crippen molar-refractivity contribution in [3.05, 3.63) is 58.4 Å². The monoisotopic (exact) mass is 479 g/mol. The van der Waals surface area contributed by atoms with Crippen molar-refractivity contribution in [2.75, 3.05) is 19.4 Å². The maximum absolute atomic E-state index is 14.0. The van der Waals surface area contributed by atoms with Crippen LogP contribution in [0, 0.1) is 5.82 Å². The smallest absolute Gasteiger partial charge is 0.335 e. The summed E-state index contributed by atoms with van der Waals surface area (Å²) in [5.41, 5.74) is 2.69. The summed E-state index contributed by atoms with van der Waals surface area (Å²) in [6, 6.07) is 7.67. The summed E-state index contributed by atoms with van der Waals surface area (Å²) in [6.45, 7) is 0.508. The first kappa shape index (κ1) is 24.7. The summed E-state index contributed by atoms with van der Waals surface area (Å²) in [7, 11) is 3.66. The number of nitrogens with one attached hydrogen (secondary N) is 1. The van der Waals surface area contributed by atoms with E-state index in [9.17, 15) is 23.9 Å². The second-order valence-electron chi connectivity index (χ2n) is 9.36. The van der Waals surface area contributed by atoms with E-state index in [-0.39, 0.29) is 29.8 Å². The standard InChI is InChI=1S/C27H30FN3O4/c1-29-22-12-19(28)13-23-21(22)14-25(33)26(30-23)24(32)11-16-8-9-17(27(34)35)10-18(16)15-31(2)20-6-4-3-5-7-20/h8-10,12-13,20,29H,3-7,11,14-15H2,1-2H3,(H,34,35). The fourth-order valence-electron chi connectivity index (χ4n) is 5.03. The predicted molar refractivity (Wildman–Crippen MR) is 132 cm³/mol. The zero-order valence-electron chi connectivity index (χ0n) is 20.1. The van der Waals surface area contributed by atoms with E-state index in [0.717, 1.165) is 18.4 Å². The van der Waals surface area contributed by atoms with Crippen molar-refractivity contribution in [3.63, 3.8) is 0 Å². The largest absolute Gasteiger partial charge is 0.478 e. The third kappa shape index (κ3) is 5.48. The van der Waals surface area contributed by atoms with Gasteiger partial charge in [0.15, 0.2) is 17.3 Å². The van der Waals surface area contributed by atoms with Crippen LogP contribution in [0.15, 0.2) is 35.3 Å². The molecule has 0 bridgehead atoms. The van der Waals surface area contributed by atoms with E-state index < -0.39 is 23.4 Å². The van der Waals surface area contributed by atoms with E-state index in [1.54, 1.807) is 19.2 Å². The molecule has 35 heavy (non-hydrogen) atoms. The number of carbonyl (C=O) groups is 3. The fourth-order valence-corrected chi connectivity index (χ4v) is 5.03. The quantitative estimate of drug-likeness (QED) is 0.584. The van der Waals surface area contributed by atoms with E-state index in [4.69, 9.17) is 0 Å². The van der Waals surface area contributed by atoms with E-state index >= 15 is 0 Å². The lowest BCUT2D eigenvalue weighted by atomic mass is 9.91. The molecule has 1 saturated carbocycles. The molecule has 7 nitrogen and oxygen atoms in total. The van der Waals surface area contributed by atoms with Gasteiger partial charge < -0.3 is 10.4 Å². The van der Waals surface area contributed by atoms with Crippen molar-refractivity contribution >= 4 is 34.6 Å². The average molecular weight is 480 g/mol. The number of rotatable bonds is 8. The normalized spacial score (nSPS) is 16.1. The van der Waals surface area contributed by atoms with Gasteiger partial charge in [-0.05, 0) is 55.3 Å². The van der Waals surface area contributed by atoms with Crippen LogP contribution >= 0.6 is 0 Å². The van der Waals surface area contributed by atoms with Gasteiger partial charge in [-0.15, -0.1) is 0 Å². The molecule has 0 aromatic heterocycles. The molecule has 0 amide bonds. The molecule has 1 aliphatic heterocycles. The molecule has 0 radical (unpaired) electrons. The Morgan fingerprint density at radius 1 is 1.14 bits per heavy atom. The van der Waals surface area contributed by atoms with Crippen LogP contribution in [-0.2, 0) is 29.0 Å². The number of fused-ring (bicyclic) bond motifs is 1. The Bertz CT molecular complexity index is 1200. The molecule has 1 heterocycles. The summed E-state index contributed by atoms with van der Waals surface area (Å²) >= 11 is 0. The number of aliphatic imine (C=N–C) groups is 1. The summed E-state index contributed by atoms with van der Waals surface area (Å²) < 4.78 is 14.0.